The molecule has 2 aromatic carbocycles. The van der Waals surface area contributed by atoms with Gasteiger partial charge in [0.15, 0.2) is 0 Å². The Morgan fingerprint density at radius 3 is 2.54 bits per heavy atom. The van der Waals surface area contributed by atoms with Crippen molar-refractivity contribution in [3.63, 3.8) is 0 Å². The predicted molar refractivity (Wildman–Crippen MR) is 102 cm³/mol. The van der Waals surface area contributed by atoms with Crippen LogP contribution in [0.25, 0.3) is 0 Å². The van der Waals surface area contributed by atoms with Crippen molar-refractivity contribution in [1.82, 2.24) is 4.31 Å². The van der Waals surface area contributed by atoms with Crippen LogP contribution in [-0.2, 0) is 14.8 Å². The molecule has 2 aromatic rings. The van der Waals surface area contributed by atoms with E-state index in [2.05, 4.69) is 5.32 Å². The molecule has 28 heavy (non-hydrogen) atoms. The summed E-state index contributed by atoms with van der Waals surface area (Å²) in [6, 6.07) is 8.95. The lowest BCUT2D eigenvalue weighted by molar-refractivity contribution is -0.117. The standard InChI is InChI=1S/C20H22F2N2O3S/c1-14-5-8-17(9-6-14)28(26,27)24-11-3-2-4-16(24)13-20(25)23-19-10-7-15(21)12-18(19)22/h5-10,12,16H,2-4,11,13H2,1H3,(H,23,25)/t16-/m1/s1. The third-order valence-corrected chi connectivity index (χ3v) is 6.79. The molecule has 0 saturated carbocycles. The molecule has 0 bridgehead atoms. The quantitative estimate of drug-likeness (QED) is 0.817. The molecule has 150 valence electrons. The number of hydrogen-bond acceptors (Lipinski definition) is 3. The Hall–Kier alpha value is -2.32. The lowest BCUT2D eigenvalue weighted by atomic mass is 10.0. The highest BCUT2D eigenvalue weighted by atomic mass is 32.2. The van der Waals surface area contributed by atoms with Gasteiger partial charge in [-0.15, -0.1) is 0 Å². The molecule has 1 N–H and O–H groups in total. The highest BCUT2D eigenvalue weighted by Gasteiger charge is 2.34. The number of amides is 1. The van der Waals surface area contributed by atoms with E-state index in [0.717, 1.165) is 30.5 Å². The van der Waals surface area contributed by atoms with Crippen LogP contribution < -0.4 is 5.32 Å². The summed E-state index contributed by atoms with van der Waals surface area (Å²) >= 11 is 0. The average Bonchev–Trinajstić information content (AvgIpc) is 2.65. The molecule has 1 saturated heterocycles. The summed E-state index contributed by atoms with van der Waals surface area (Å²) in [6.07, 6.45) is 1.98. The summed E-state index contributed by atoms with van der Waals surface area (Å²) in [4.78, 5) is 12.6. The average molecular weight is 408 g/mol. The van der Waals surface area contributed by atoms with Gasteiger partial charge in [-0.25, -0.2) is 17.2 Å². The summed E-state index contributed by atoms with van der Waals surface area (Å²) in [7, 11) is -3.73. The fourth-order valence-corrected chi connectivity index (χ4v) is 5.04. The number of aryl methyl sites for hydroxylation is 1. The smallest absolute Gasteiger partial charge is 0.243 e. The van der Waals surface area contributed by atoms with E-state index >= 15 is 0 Å². The SMILES string of the molecule is Cc1ccc(S(=O)(=O)N2CCCC[C@@H]2CC(=O)Nc2ccc(F)cc2F)cc1. The van der Waals surface area contributed by atoms with Gasteiger partial charge in [0, 0.05) is 25.1 Å². The molecule has 1 heterocycles. The molecule has 0 radical (unpaired) electrons. The van der Waals surface area contributed by atoms with Crippen molar-refractivity contribution in [1.29, 1.82) is 0 Å². The van der Waals surface area contributed by atoms with E-state index in [9.17, 15) is 22.0 Å². The van der Waals surface area contributed by atoms with E-state index in [1.807, 2.05) is 6.92 Å². The van der Waals surface area contributed by atoms with Crippen LogP contribution in [0.5, 0.6) is 0 Å². The monoisotopic (exact) mass is 408 g/mol. The Balaban J connectivity index is 1.75. The van der Waals surface area contributed by atoms with Gasteiger partial charge in [0.2, 0.25) is 15.9 Å². The number of carbonyl (C=O) groups is 1. The predicted octanol–water partition coefficient (Wildman–Crippen LogP) is 3.85. The first kappa shape index (κ1) is 20.4. The normalized spacial score (nSPS) is 18.0. The second-order valence-electron chi connectivity index (χ2n) is 6.95. The number of nitrogens with one attached hydrogen (secondary N) is 1. The van der Waals surface area contributed by atoms with Crippen molar-refractivity contribution >= 4 is 21.6 Å². The third kappa shape index (κ3) is 4.56. The summed E-state index contributed by atoms with van der Waals surface area (Å²) in [6.45, 7) is 2.21. The fourth-order valence-electron chi connectivity index (χ4n) is 3.35. The maximum atomic E-state index is 13.7. The summed E-state index contributed by atoms with van der Waals surface area (Å²) in [5.41, 5.74) is 0.824. The molecular weight excluding hydrogens is 386 g/mol. The Labute approximate surface area is 163 Å². The lowest BCUT2D eigenvalue weighted by Crippen LogP contribution is -2.45. The van der Waals surface area contributed by atoms with Crippen LogP contribution in [0, 0.1) is 18.6 Å². The largest absolute Gasteiger partial charge is 0.324 e. The molecular formula is C20H22F2N2O3S. The van der Waals surface area contributed by atoms with Crippen LogP contribution in [-0.4, -0.2) is 31.2 Å². The Morgan fingerprint density at radius 1 is 1.14 bits per heavy atom. The van der Waals surface area contributed by atoms with E-state index < -0.39 is 33.6 Å². The zero-order valence-electron chi connectivity index (χ0n) is 15.5. The topological polar surface area (TPSA) is 66.5 Å². The maximum Gasteiger partial charge on any atom is 0.243 e. The molecule has 1 amide bonds. The van der Waals surface area contributed by atoms with Crippen LogP contribution in [0.3, 0.4) is 0 Å². The molecule has 0 aromatic heterocycles. The molecule has 0 aliphatic carbocycles. The first-order valence-corrected chi connectivity index (χ1v) is 10.5. The highest BCUT2D eigenvalue weighted by molar-refractivity contribution is 7.89. The minimum Gasteiger partial charge on any atom is -0.324 e. The third-order valence-electron chi connectivity index (χ3n) is 4.83. The Kier molecular flexibility index (Phi) is 6.10. The van der Waals surface area contributed by atoms with Crippen LogP contribution in [0.1, 0.15) is 31.2 Å². The number of hydrogen-bond donors (Lipinski definition) is 1. The van der Waals surface area contributed by atoms with Crippen LogP contribution in [0.4, 0.5) is 14.5 Å². The zero-order valence-corrected chi connectivity index (χ0v) is 16.3. The Bertz CT molecular complexity index is 962. The molecule has 3 rings (SSSR count). The van der Waals surface area contributed by atoms with E-state index in [1.165, 1.54) is 4.31 Å². The number of sulfonamides is 1. The maximum absolute atomic E-state index is 13.7. The molecule has 5 nitrogen and oxygen atoms in total. The Morgan fingerprint density at radius 2 is 1.86 bits per heavy atom. The number of nitrogens with zero attached hydrogens (tertiary/aromatic N) is 1. The molecule has 0 spiro atoms. The minimum atomic E-state index is -3.73. The first-order valence-electron chi connectivity index (χ1n) is 9.11. The van der Waals surface area contributed by atoms with E-state index in [-0.39, 0.29) is 17.0 Å². The highest BCUT2D eigenvalue weighted by Crippen LogP contribution is 2.28. The van der Waals surface area contributed by atoms with E-state index in [4.69, 9.17) is 0 Å². The summed E-state index contributed by atoms with van der Waals surface area (Å²) in [5, 5.41) is 2.40. The van der Waals surface area contributed by atoms with Crippen molar-refractivity contribution in [3.8, 4) is 0 Å². The van der Waals surface area contributed by atoms with Crippen molar-refractivity contribution in [2.75, 3.05) is 11.9 Å². The molecule has 1 aliphatic rings. The van der Waals surface area contributed by atoms with Crippen LogP contribution in [0.2, 0.25) is 0 Å². The van der Waals surface area contributed by atoms with Crippen molar-refractivity contribution in [2.24, 2.45) is 0 Å². The lowest BCUT2D eigenvalue weighted by Gasteiger charge is -2.34. The van der Waals surface area contributed by atoms with Gasteiger partial charge in [-0.2, -0.15) is 4.31 Å². The van der Waals surface area contributed by atoms with Gasteiger partial charge in [-0.1, -0.05) is 24.1 Å². The molecule has 8 heteroatoms. The summed E-state index contributed by atoms with van der Waals surface area (Å²) < 4.78 is 54.2. The van der Waals surface area contributed by atoms with Gasteiger partial charge in [-0.3, -0.25) is 4.79 Å². The van der Waals surface area contributed by atoms with Crippen LogP contribution >= 0.6 is 0 Å². The van der Waals surface area contributed by atoms with Crippen LogP contribution in [0.15, 0.2) is 47.4 Å². The number of halogens is 2. The number of carbonyl (C=O) groups excluding carboxylic acids is 1. The summed E-state index contributed by atoms with van der Waals surface area (Å²) in [5.74, 6) is -2.12. The van der Waals surface area contributed by atoms with Gasteiger partial charge in [0.1, 0.15) is 11.6 Å². The molecule has 1 fully saturated rings. The van der Waals surface area contributed by atoms with Gasteiger partial charge in [0.25, 0.3) is 0 Å². The number of rotatable bonds is 5. The second kappa shape index (κ2) is 8.36. The first-order chi connectivity index (χ1) is 13.3. The van der Waals surface area contributed by atoms with Gasteiger partial charge in [0.05, 0.1) is 10.6 Å². The van der Waals surface area contributed by atoms with Crippen molar-refractivity contribution in [2.45, 2.75) is 43.5 Å². The molecule has 1 atom stereocenters. The zero-order chi connectivity index (χ0) is 20.3. The van der Waals surface area contributed by atoms with Gasteiger partial charge >= 0.3 is 0 Å². The van der Waals surface area contributed by atoms with Gasteiger partial charge in [-0.05, 0) is 44.0 Å². The van der Waals surface area contributed by atoms with E-state index in [1.54, 1.807) is 24.3 Å². The van der Waals surface area contributed by atoms with Crippen molar-refractivity contribution < 1.29 is 22.0 Å². The molecule has 1 aliphatic heterocycles. The molecule has 0 unspecified atom stereocenters. The number of anilines is 1. The van der Waals surface area contributed by atoms with E-state index in [0.29, 0.717) is 19.0 Å². The van der Waals surface area contributed by atoms with Crippen molar-refractivity contribution in [3.05, 3.63) is 59.7 Å². The number of piperidine rings is 1. The second-order valence-corrected chi connectivity index (χ2v) is 8.85. The minimum absolute atomic E-state index is 0.0953. The fraction of sp³-hybridized carbons (Fsp3) is 0.350. The van der Waals surface area contributed by atoms with Gasteiger partial charge < -0.3 is 5.32 Å². The number of benzene rings is 2.